The number of amides is 1. The molecule has 206 valence electrons. The standard InChI is InChI=1S/C31H35N7O2/c1-37(2)17-24-19(18-10-13-40-14-11-18)7-8-26(36-24)35-23-16-33-29(22-15-34-31(39)28(22)23)21-9-12-32-30-27(21)20-5-4-6-25(20)38(30)3/h7-9,12,16,18H,4-6,10-11,13-15,17H2,1-3H3,(H,34,39)(H,35,36). The molecule has 1 fully saturated rings. The molecule has 6 heterocycles. The van der Waals surface area contributed by atoms with Crippen LogP contribution in [0.25, 0.3) is 22.3 Å². The highest BCUT2D eigenvalue weighted by Gasteiger charge is 2.30. The summed E-state index contributed by atoms with van der Waals surface area (Å²) in [7, 11) is 6.23. The number of hydrogen-bond acceptors (Lipinski definition) is 7. The van der Waals surface area contributed by atoms with Crippen molar-refractivity contribution in [2.45, 2.75) is 51.1 Å². The number of ether oxygens (including phenoxy) is 1. The van der Waals surface area contributed by atoms with Gasteiger partial charge in [-0.25, -0.2) is 9.97 Å². The lowest BCUT2D eigenvalue weighted by atomic mass is 9.90. The number of anilines is 2. The summed E-state index contributed by atoms with van der Waals surface area (Å²) in [6.07, 6.45) is 8.96. The second kappa shape index (κ2) is 9.98. The van der Waals surface area contributed by atoms with Crippen LogP contribution >= 0.6 is 0 Å². The summed E-state index contributed by atoms with van der Waals surface area (Å²) in [5.74, 6) is 1.09. The number of fused-ring (bicyclic) bond motifs is 4. The molecule has 0 atom stereocenters. The molecule has 3 aliphatic rings. The quantitative estimate of drug-likeness (QED) is 0.375. The Morgan fingerprint density at radius 3 is 2.80 bits per heavy atom. The van der Waals surface area contributed by atoms with Crippen LogP contribution in [0.15, 0.2) is 30.6 Å². The molecule has 7 rings (SSSR count). The molecule has 2 aliphatic heterocycles. The van der Waals surface area contributed by atoms with E-state index >= 15 is 0 Å². The number of hydrogen-bond donors (Lipinski definition) is 2. The van der Waals surface area contributed by atoms with Gasteiger partial charge < -0.3 is 24.8 Å². The zero-order chi connectivity index (χ0) is 27.4. The minimum atomic E-state index is -0.0860. The van der Waals surface area contributed by atoms with E-state index in [1.807, 2.05) is 18.3 Å². The Hall–Kier alpha value is -3.82. The normalized spacial score (nSPS) is 16.9. The Morgan fingerprint density at radius 1 is 1.12 bits per heavy atom. The van der Waals surface area contributed by atoms with Crippen molar-refractivity contribution in [1.82, 2.24) is 29.7 Å². The minimum Gasteiger partial charge on any atom is -0.381 e. The Balaban J connectivity index is 1.28. The second-order valence-electron chi connectivity index (χ2n) is 11.4. The maximum Gasteiger partial charge on any atom is 0.254 e. The van der Waals surface area contributed by atoms with Gasteiger partial charge in [-0.1, -0.05) is 6.07 Å². The molecule has 2 N–H and O–H groups in total. The number of carbonyl (C=O) groups is 1. The molecule has 0 unspecified atom stereocenters. The molecule has 1 amide bonds. The Kier molecular flexibility index (Phi) is 6.28. The number of aryl methyl sites for hydroxylation is 2. The average molecular weight is 538 g/mol. The third-order valence-corrected chi connectivity index (χ3v) is 8.63. The van der Waals surface area contributed by atoms with E-state index in [9.17, 15) is 4.79 Å². The SMILES string of the molecule is CN(C)Cc1nc(Nc2cnc(-c3ccnc4c3c3c(n4C)CCC3)c3c2C(=O)NC3)ccc1C1CCOCC1. The Bertz CT molecular complexity index is 1630. The number of nitrogens with one attached hydrogen (secondary N) is 2. The van der Waals surface area contributed by atoms with Crippen LogP contribution in [0.3, 0.4) is 0 Å². The van der Waals surface area contributed by atoms with Crippen LogP contribution in [0.5, 0.6) is 0 Å². The largest absolute Gasteiger partial charge is 0.381 e. The molecule has 0 bridgehead atoms. The van der Waals surface area contributed by atoms with E-state index in [0.29, 0.717) is 23.7 Å². The molecule has 4 aromatic heterocycles. The number of carbonyl (C=O) groups excluding carboxylic acids is 1. The summed E-state index contributed by atoms with van der Waals surface area (Å²) in [4.78, 5) is 30.0. The summed E-state index contributed by atoms with van der Waals surface area (Å²) < 4.78 is 7.82. The van der Waals surface area contributed by atoms with Crippen molar-refractivity contribution in [3.63, 3.8) is 0 Å². The molecule has 4 aromatic rings. The van der Waals surface area contributed by atoms with Gasteiger partial charge in [-0.05, 0) is 75.4 Å². The lowest BCUT2D eigenvalue weighted by Gasteiger charge is -2.25. The zero-order valence-corrected chi connectivity index (χ0v) is 23.4. The molecule has 0 radical (unpaired) electrons. The summed E-state index contributed by atoms with van der Waals surface area (Å²) >= 11 is 0. The van der Waals surface area contributed by atoms with Gasteiger partial charge in [-0.15, -0.1) is 0 Å². The van der Waals surface area contributed by atoms with Crippen molar-refractivity contribution in [2.24, 2.45) is 7.05 Å². The zero-order valence-electron chi connectivity index (χ0n) is 23.4. The Labute approximate surface area is 234 Å². The molecule has 9 heteroatoms. The summed E-state index contributed by atoms with van der Waals surface area (Å²) in [6, 6.07) is 6.26. The summed E-state index contributed by atoms with van der Waals surface area (Å²) in [5, 5.41) is 7.66. The number of nitrogens with zero attached hydrogens (tertiary/aromatic N) is 5. The van der Waals surface area contributed by atoms with Gasteiger partial charge in [0.1, 0.15) is 11.5 Å². The number of aromatic nitrogens is 4. The highest BCUT2D eigenvalue weighted by atomic mass is 16.5. The van der Waals surface area contributed by atoms with Gasteiger partial charge in [-0.2, -0.15) is 0 Å². The van der Waals surface area contributed by atoms with E-state index in [1.54, 1.807) is 6.20 Å². The van der Waals surface area contributed by atoms with Crippen molar-refractivity contribution in [3.8, 4) is 11.3 Å². The van der Waals surface area contributed by atoms with E-state index in [0.717, 1.165) is 85.8 Å². The predicted octanol–water partition coefficient (Wildman–Crippen LogP) is 4.46. The summed E-state index contributed by atoms with van der Waals surface area (Å²) in [5.41, 5.74) is 10.2. The van der Waals surface area contributed by atoms with E-state index in [4.69, 9.17) is 19.7 Å². The molecule has 40 heavy (non-hydrogen) atoms. The van der Waals surface area contributed by atoms with E-state index in [2.05, 4.69) is 47.3 Å². The van der Waals surface area contributed by atoms with E-state index in [-0.39, 0.29) is 5.91 Å². The fraction of sp³-hybridized carbons (Fsp3) is 0.419. The maximum absolute atomic E-state index is 13.2. The molecule has 9 nitrogen and oxygen atoms in total. The lowest BCUT2D eigenvalue weighted by Crippen LogP contribution is -2.20. The molecule has 0 aromatic carbocycles. The fourth-order valence-corrected chi connectivity index (χ4v) is 6.79. The molecule has 1 aliphatic carbocycles. The lowest BCUT2D eigenvalue weighted by molar-refractivity contribution is 0.0849. The van der Waals surface area contributed by atoms with Gasteiger partial charge in [-0.3, -0.25) is 9.78 Å². The number of rotatable bonds is 6. The predicted molar refractivity (Wildman–Crippen MR) is 155 cm³/mol. The number of pyridine rings is 3. The van der Waals surface area contributed by atoms with Crippen molar-refractivity contribution in [2.75, 3.05) is 32.6 Å². The van der Waals surface area contributed by atoms with Gasteiger partial charge in [0.05, 0.1) is 28.8 Å². The first-order chi connectivity index (χ1) is 19.5. The van der Waals surface area contributed by atoms with Gasteiger partial charge in [0.2, 0.25) is 0 Å². The molecular formula is C31H35N7O2. The maximum atomic E-state index is 13.2. The third-order valence-electron chi connectivity index (χ3n) is 8.63. The van der Waals surface area contributed by atoms with Gasteiger partial charge >= 0.3 is 0 Å². The van der Waals surface area contributed by atoms with Crippen LogP contribution in [0, 0.1) is 0 Å². The monoisotopic (exact) mass is 537 g/mol. The van der Waals surface area contributed by atoms with Crippen LogP contribution in [0.2, 0.25) is 0 Å². The molecule has 0 spiro atoms. The molecule has 0 saturated carbocycles. The van der Waals surface area contributed by atoms with Crippen LogP contribution in [0.1, 0.15) is 63.6 Å². The fourth-order valence-electron chi connectivity index (χ4n) is 6.79. The van der Waals surface area contributed by atoms with Gasteiger partial charge in [0.15, 0.2) is 0 Å². The first-order valence-corrected chi connectivity index (χ1v) is 14.2. The van der Waals surface area contributed by atoms with Crippen LogP contribution in [0.4, 0.5) is 11.5 Å². The second-order valence-corrected chi connectivity index (χ2v) is 11.4. The van der Waals surface area contributed by atoms with Crippen molar-refractivity contribution in [3.05, 3.63) is 64.2 Å². The summed E-state index contributed by atoms with van der Waals surface area (Å²) in [6.45, 7) is 2.78. The van der Waals surface area contributed by atoms with Crippen LogP contribution in [-0.2, 0) is 37.7 Å². The van der Waals surface area contributed by atoms with Crippen LogP contribution < -0.4 is 10.6 Å². The highest BCUT2D eigenvalue weighted by Crippen LogP contribution is 2.40. The van der Waals surface area contributed by atoms with Gasteiger partial charge in [0, 0.05) is 61.8 Å². The Morgan fingerprint density at radius 2 is 1.98 bits per heavy atom. The van der Waals surface area contributed by atoms with Crippen molar-refractivity contribution >= 4 is 28.4 Å². The topological polar surface area (TPSA) is 97.2 Å². The van der Waals surface area contributed by atoms with Crippen molar-refractivity contribution in [1.29, 1.82) is 0 Å². The van der Waals surface area contributed by atoms with Crippen LogP contribution in [-0.4, -0.2) is 57.6 Å². The third kappa shape index (κ3) is 4.15. The van der Waals surface area contributed by atoms with E-state index in [1.165, 1.54) is 22.2 Å². The average Bonchev–Trinajstić information content (AvgIpc) is 3.66. The van der Waals surface area contributed by atoms with Gasteiger partial charge in [0.25, 0.3) is 5.91 Å². The first-order valence-electron chi connectivity index (χ1n) is 14.2. The smallest absolute Gasteiger partial charge is 0.254 e. The molecular weight excluding hydrogens is 502 g/mol. The van der Waals surface area contributed by atoms with Crippen molar-refractivity contribution < 1.29 is 9.53 Å². The van der Waals surface area contributed by atoms with E-state index < -0.39 is 0 Å². The highest BCUT2D eigenvalue weighted by molar-refractivity contribution is 6.07. The first kappa shape index (κ1) is 25.2. The minimum absolute atomic E-state index is 0.0860. The molecule has 1 saturated heterocycles.